The van der Waals surface area contributed by atoms with Gasteiger partial charge in [0.2, 0.25) is 6.04 Å². The number of hydrogen-bond donors (Lipinski definition) is 2. The van der Waals surface area contributed by atoms with E-state index in [1.54, 1.807) is 0 Å². The number of fused-ring (bicyclic) bond motifs is 1. The zero-order valence-electron chi connectivity index (χ0n) is 8.06. The number of carboxylic acid groups (broad SMARTS) is 1. The highest BCUT2D eigenvalue weighted by molar-refractivity contribution is 8.01. The Morgan fingerprint density at radius 1 is 1.71 bits per heavy atom. The van der Waals surface area contributed by atoms with Gasteiger partial charge >= 0.3 is 11.9 Å². The Hall–Kier alpha value is -0.590. The molecular formula is C8H13N2O3S+. The van der Waals surface area contributed by atoms with E-state index in [1.165, 1.54) is 11.8 Å². The first kappa shape index (κ1) is 9.95. The van der Waals surface area contributed by atoms with Crippen molar-refractivity contribution in [2.24, 2.45) is 5.84 Å². The number of nitrogens with two attached hydrogens (primary N) is 1. The van der Waals surface area contributed by atoms with Gasteiger partial charge in [0.15, 0.2) is 5.37 Å². The van der Waals surface area contributed by atoms with Gasteiger partial charge in [-0.3, -0.25) is 0 Å². The second-order valence-corrected chi connectivity index (χ2v) is 6.18. The summed E-state index contributed by atoms with van der Waals surface area (Å²) in [6.45, 7) is 3.66. The maximum atomic E-state index is 11.4. The van der Waals surface area contributed by atoms with Crippen molar-refractivity contribution in [2.45, 2.75) is 36.4 Å². The van der Waals surface area contributed by atoms with Gasteiger partial charge in [-0.1, -0.05) is 11.8 Å². The second-order valence-electron chi connectivity index (χ2n) is 4.35. The fourth-order valence-electron chi connectivity index (χ4n) is 2.36. The number of thioether (sulfide) groups is 1. The van der Waals surface area contributed by atoms with E-state index in [9.17, 15) is 9.59 Å². The van der Waals surface area contributed by atoms with E-state index >= 15 is 0 Å². The number of carbonyl (C=O) groups excluding carboxylic acids is 1. The summed E-state index contributed by atoms with van der Waals surface area (Å²) in [5.74, 6) is 4.71. The first-order valence-corrected chi connectivity index (χ1v) is 5.29. The smallest absolute Gasteiger partial charge is 0.366 e. The summed E-state index contributed by atoms with van der Waals surface area (Å²) in [6.07, 6.45) is 0.397. The van der Waals surface area contributed by atoms with Gasteiger partial charge in [0.25, 0.3) is 0 Å². The first-order chi connectivity index (χ1) is 6.30. The van der Waals surface area contributed by atoms with Crippen LogP contribution in [0.5, 0.6) is 0 Å². The molecule has 0 aromatic carbocycles. The van der Waals surface area contributed by atoms with Crippen LogP contribution < -0.4 is 5.84 Å². The molecule has 0 aliphatic carbocycles. The topological polar surface area (TPSA) is 80.4 Å². The molecule has 2 aliphatic rings. The predicted octanol–water partition coefficient (Wildman–Crippen LogP) is -0.0881. The Morgan fingerprint density at radius 2 is 2.29 bits per heavy atom. The zero-order chi connectivity index (χ0) is 10.7. The Kier molecular flexibility index (Phi) is 1.78. The third-order valence-electron chi connectivity index (χ3n) is 3.02. The summed E-state index contributed by atoms with van der Waals surface area (Å²) in [5.41, 5.74) is 0. The number of hydrogen-bond acceptors (Lipinski definition) is 4. The van der Waals surface area contributed by atoms with Crippen LogP contribution in [-0.4, -0.2) is 37.7 Å². The molecule has 0 radical (unpaired) electrons. The number of amides is 1. The van der Waals surface area contributed by atoms with Crippen LogP contribution in [0.4, 0.5) is 0 Å². The minimum absolute atomic E-state index is 0.0707. The molecule has 0 aromatic heterocycles. The molecule has 14 heavy (non-hydrogen) atoms. The van der Waals surface area contributed by atoms with Crippen LogP contribution in [-0.2, 0) is 9.59 Å². The van der Waals surface area contributed by atoms with E-state index in [0.717, 1.165) is 0 Å². The van der Waals surface area contributed by atoms with Gasteiger partial charge in [0, 0.05) is 0 Å². The fraction of sp³-hybridized carbons (Fsp3) is 0.750. The molecular weight excluding hydrogens is 204 g/mol. The van der Waals surface area contributed by atoms with Crippen molar-refractivity contribution in [1.29, 1.82) is 0 Å². The van der Waals surface area contributed by atoms with E-state index in [1.807, 2.05) is 13.8 Å². The Bertz CT molecular complexity index is 331. The number of carbonyl (C=O) groups is 2. The summed E-state index contributed by atoms with van der Waals surface area (Å²) >= 11 is 1.50. The van der Waals surface area contributed by atoms with Gasteiger partial charge in [-0.2, -0.15) is 10.4 Å². The van der Waals surface area contributed by atoms with Gasteiger partial charge in [-0.05, 0) is 13.8 Å². The number of carboxylic acids is 1. The van der Waals surface area contributed by atoms with Crippen molar-refractivity contribution >= 4 is 23.6 Å². The van der Waals surface area contributed by atoms with Crippen molar-refractivity contribution in [3.8, 4) is 0 Å². The highest BCUT2D eigenvalue weighted by Crippen LogP contribution is 2.53. The van der Waals surface area contributed by atoms with Crippen molar-refractivity contribution in [2.75, 3.05) is 0 Å². The Balaban J connectivity index is 2.43. The maximum absolute atomic E-state index is 11.4. The molecule has 0 saturated carbocycles. The van der Waals surface area contributed by atoms with E-state index in [0.29, 0.717) is 6.42 Å². The number of β-lactam (4-membered cyclic amide) rings is 1. The quantitative estimate of drug-likeness (QED) is 0.278. The summed E-state index contributed by atoms with van der Waals surface area (Å²) in [7, 11) is 0. The predicted molar refractivity (Wildman–Crippen MR) is 51.0 cm³/mol. The molecule has 3 atom stereocenters. The minimum atomic E-state index is -0.986. The van der Waals surface area contributed by atoms with Gasteiger partial charge in [-0.15, -0.1) is 0 Å². The number of rotatable bonds is 1. The summed E-state index contributed by atoms with van der Waals surface area (Å²) in [4.78, 5) is 22.5. The SMILES string of the molecule is CC1(C)S[C@@H]2CC(=O)[N+]2(N)[C@H]1C(=O)O. The third-order valence-corrected chi connectivity index (χ3v) is 4.64. The van der Waals surface area contributed by atoms with Crippen LogP contribution in [0, 0.1) is 0 Å². The Labute approximate surface area is 85.8 Å². The molecule has 5 nitrogen and oxygen atoms in total. The lowest BCUT2D eigenvalue weighted by molar-refractivity contribution is -0.913. The van der Waals surface area contributed by atoms with Gasteiger partial charge in [0.05, 0.1) is 4.75 Å². The average Bonchev–Trinajstić information content (AvgIpc) is 2.17. The maximum Gasteiger partial charge on any atom is 0.366 e. The van der Waals surface area contributed by atoms with Crippen molar-refractivity contribution in [3.63, 3.8) is 0 Å². The van der Waals surface area contributed by atoms with E-state index in [-0.39, 0.29) is 11.3 Å². The zero-order valence-corrected chi connectivity index (χ0v) is 8.87. The molecule has 2 heterocycles. The number of quaternary nitrogens is 1. The molecule has 6 heteroatoms. The van der Waals surface area contributed by atoms with Gasteiger partial charge in [0.1, 0.15) is 6.42 Å². The normalized spacial score (nSPS) is 44.4. The number of nitrogens with zero attached hydrogens (tertiary/aromatic N) is 1. The number of aliphatic carboxylic acids is 1. The van der Waals surface area contributed by atoms with Crippen molar-refractivity contribution in [3.05, 3.63) is 0 Å². The standard InChI is InChI=1S/C8H12N2O3S/c1-8(2)6(7(12)13)10(9)4(11)3-5(10)14-8/h5-6H,3,9H2,1-2H3/p+1/t5-,6+,10?/m1/s1. The van der Waals surface area contributed by atoms with Gasteiger partial charge in [-0.25, -0.2) is 9.59 Å². The highest BCUT2D eigenvalue weighted by atomic mass is 32.2. The molecule has 1 amide bonds. The van der Waals surface area contributed by atoms with Crippen LogP contribution >= 0.6 is 11.8 Å². The lowest BCUT2D eigenvalue weighted by Gasteiger charge is -2.41. The third kappa shape index (κ3) is 0.933. The van der Waals surface area contributed by atoms with Crippen molar-refractivity contribution < 1.29 is 19.3 Å². The van der Waals surface area contributed by atoms with Crippen LogP contribution in [0.3, 0.4) is 0 Å². The largest absolute Gasteiger partial charge is 0.477 e. The fourth-order valence-corrected chi connectivity index (χ4v) is 4.10. The molecule has 78 valence electrons. The van der Waals surface area contributed by atoms with E-state index in [2.05, 4.69) is 0 Å². The molecule has 2 rings (SSSR count). The van der Waals surface area contributed by atoms with Crippen LogP contribution in [0.25, 0.3) is 0 Å². The average molecular weight is 217 g/mol. The van der Waals surface area contributed by atoms with Gasteiger partial charge < -0.3 is 5.11 Å². The molecule has 0 aromatic rings. The molecule has 2 fully saturated rings. The molecule has 0 spiro atoms. The first-order valence-electron chi connectivity index (χ1n) is 4.41. The summed E-state index contributed by atoms with van der Waals surface area (Å²) in [6, 6.07) is -0.821. The molecule has 3 N–H and O–H groups in total. The van der Waals surface area contributed by atoms with Crippen LogP contribution in [0.2, 0.25) is 0 Å². The second kappa shape index (κ2) is 2.50. The lowest BCUT2D eigenvalue weighted by Crippen LogP contribution is -2.76. The van der Waals surface area contributed by atoms with E-state index < -0.39 is 21.4 Å². The molecule has 2 aliphatic heterocycles. The van der Waals surface area contributed by atoms with Crippen molar-refractivity contribution in [1.82, 2.24) is 0 Å². The van der Waals surface area contributed by atoms with E-state index in [4.69, 9.17) is 10.9 Å². The summed E-state index contributed by atoms with van der Waals surface area (Å²) < 4.78 is -0.885. The Morgan fingerprint density at radius 3 is 2.64 bits per heavy atom. The lowest BCUT2D eigenvalue weighted by atomic mass is 9.97. The molecule has 1 unspecified atom stereocenters. The van der Waals surface area contributed by atoms with Crippen LogP contribution in [0.15, 0.2) is 0 Å². The minimum Gasteiger partial charge on any atom is -0.477 e. The highest BCUT2D eigenvalue weighted by Gasteiger charge is 2.72. The molecule has 2 saturated heterocycles. The van der Waals surface area contributed by atoms with Crippen LogP contribution in [0.1, 0.15) is 20.3 Å². The molecule has 0 bridgehead atoms. The monoisotopic (exact) mass is 217 g/mol. The summed E-state index contributed by atoms with van der Waals surface area (Å²) in [5, 5.41) is 9.02.